The molecular weight excluding hydrogens is 220 g/mol. The zero-order chi connectivity index (χ0) is 13.1. The first-order valence-electron chi connectivity index (χ1n) is 5.22. The minimum absolute atomic E-state index is 0.0709. The number of aromatic nitrogens is 3. The fourth-order valence-corrected chi connectivity index (χ4v) is 1.13. The van der Waals surface area contributed by atoms with Crippen LogP contribution in [0, 0.1) is 25.2 Å². The number of carbonyl (C=O) groups excluding carboxylic acids is 1. The quantitative estimate of drug-likeness (QED) is 0.720. The summed E-state index contributed by atoms with van der Waals surface area (Å²) in [6, 6.07) is 1.89. The average Bonchev–Trinajstić information content (AvgIpc) is 2.32. The Bertz CT molecular complexity index is 481. The minimum atomic E-state index is -1.51. The van der Waals surface area contributed by atoms with Gasteiger partial charge in [0.2, 0.25) is 5.41 Å². The molecule has 1 atom stereocenters. The third kappa shape index (κ3) is 2.38. The molecule has 0 bridgehead atoms. The number of ether oxygens (including phenoxy) is 1. The van der Waals surface area contributed by atoms with Crippen LogP contribution in [0.3, 0.4) is 0 Å². The summed E-state index contributed by atoms with van der Waals surface area (Å²) in [4.78, 5) is 15.9. The molecule has 90 valence electrons. The highest BCUT2D eigenvalue weighted by atomic mass is 16.5. The van der Waals surface area contributed by atoms with Gasteiger partial charge in [-0.15, -0.1) is 5.10 Å². The highest BCUT2D eigenvalue weighted by molar-refractivity contribution is 5.85. The smallest absolute Gasteiger partial charge is 0.334 e. The Morgan fingerprint density at radius 2 is 2.06 bits per heavy atom. The Balaban J connectivity index is 3.22. The van der Waals surface area contributed by atoms with Crippen molar-refractivity contribution in [1.29, 1.82) is 5.26 Å². The van der Waals surface area contributed by atoms with E-state index in [1.54, 1.807) is 20.8 Å². The number of nitrogens with zero attached hydrogens (tertiary/aromatic N) is 4. The molecule has 1 unspecified atom stereocenters. The van der Waals surface area contributed by atoms with Crippen LogP contribution in [0.2, 0.25) is 0 Å². The monoisotopic (exact) mass is 234 g/mol. The van der Waals surface area contributed by atoms with Gasteiger partial charge in [0.05, 0.1) is 24.1 Å². The van der Waals surface area contributed by atoms with E-state index < -0.39 is 11.4 Å². The zero-order valence-electron chi connectivity index (χ0n) is 10.3. The lowest BCUT2D eigenvalue weighted by Gasteiger charge is -2.17. The number of carbonyl (C=O) groups is 1. The second kappa shape index (κ2) is 4.87. The van der Waals surface area contributed by atoms with Gasteiger partial charge in [0.1, 0.15) is 0 Å². The molecule has 0 spiro atoms. The van der Waals surface area contributed by atoms with Crippen LogP contribution in [0.4, 0.5) is 0 Å². The molecule has 0 amide bonds. The predicted molar refractivity (Wildman–Crippen MR) is 58.9 cm³/mol. The van der Waals surface area contributed by atoms with Crippen molar-refractivity contribution in [2.75, 3.05) is 6.61 Å². The molecule has 0 N–H and O–H groups in total. The third-order valence-corrected chi connectivity index (χ3v) is 2.45. The first-order chi connectivity index (χ1) is 7.95. The molecule has 1 heterocycles. The number of aryl methyl sites for hydroxylation is 2. The van der Waals surface area contributed by atoms with Gasteiger partial charge in [0.15, 0.2) is 5.82 Å². The molecule has 1 rings (SSSR count). The highest BCUT2D eigenvalue weighted by Crippen LogP contribution is 2.21. The fourth-order valence-electron chi connectivity index (χ4n) is 1.13. The normalized spacial score (nSPS) is 13.6. The second-order valence-electron chi connectivity index (χ2n) is 3.76. The van der Waals surface area contributed by atoms with Gasteiger partial charge in [-0.25, -0.2) is 9.78 Å². The molecule has 0 fully saturated rings. The summed E-state index contributed by atoms with van der Waals surface area (Å²) in [6.45, 7) is 6.81. The molecule has 0 aliphatic heterocycles. The van der Waals surface area contributed by atoms with Crippen LogP contribution < -0.4 is 0 Å². The highest BCUT2D eigenvalue weighted by Gasteiger charge is 2.41. The Hall–Kier alpha value is -2.03. The molecule has 6 nitrogen and oxygen atoms in total. The molecule has 0 saturated heterocycles. The predicted octanol–water partition coefficient (Wildman–Crippen LogP) is 0.833. The first-order valence-corrected chi connectivity index (χ1v) is 5.22. The van der Waals surface area contributed by atoms with Crippen molar-refractivity contribution in [1.82, 2.24) is 15.2 Å². The van der Waals surface area contributed by atoms with E-state index in [-0.39, 0.29) is 12.4 Å². The summed E-state index contributed by atoms with van der Waals surface area (Å²) in [5.41, 5.74) is -0.208. The number of hydrogen-bond donors (Lipinski definition) is 0. The van der Waals surface area contributed by atoms with Crippen molar-refractivity contribution < 1.29 is 9.53 Å². The first kappa shape index (κ1) is 13.0. The van der Waals surface area contributed by atoms with Crippen LogP contribution >= 0.6 is 0 Å². The van der Waals surface area contributed by atoms with Crippen molar-refractivity contribution in [2.45, 2.75) is 33.1 Å². The molecule has 17 heavy (non-hydrogen) atoms. The number of rotatable bonds is 3. The van der Waals surface area contributed by atoms with Crippen molar-refractivity contribution in [3.8, 4) is 6.07 Å². The molecule has 0 radical (unpaired) electrons. The average molecular weight is 234 g/mol. The van der Waals surface area contributed by atoms with Gasteiger partial charge in [-0.1, -0.05) is 0 Å². The van der Waals surface area contributed by atoms with E-state index in [0.29, 0.717) is 11.4 Å². The summed E-state index contributed by atoms with van der Waals surface area (Å²) in [5, 5.41) is 16.8. The fraction of sp³-hybridized carbons (Fsp3) is 0.545. The molecule has 0 aliphatic rings. The van der Waals surface area contributed by atoms with E-state index in [9.17, 15) is 4.79 Å². The zero-order valence-corrected chi connectivity index (χ0v) is 10.3. The van der Waals surface area contributed by atoms with E-state index in [1.807, 2.05) is 6.07 Å². The molecule has 0 aromatic carbocycles. The number of esters is 1. The maximum absolute atomic E-state index is 11.7. The van der Waals surface area contributed by atoms with Gasteiger partial charge >= 0.3 is 5.97 Å². The van der Waals surface area contributed by atoms with E-state index in [0.717, 1.165) is 0 Å². The Kier molecular flexibility index (Phi) is 3.73. The topological polar surface area (TPSA) is 88.8 Å². The van der Waals surface area contributed by atoms with E-state index in [2.05, 4.69) is 15.2 Å². The second-order valence-corrected chi connectivity index (χ2v) is 3.76. The van der Waals surface area contributed by atoms with Gasteiger partial charge in [-0.05, 0) is 27.7 Å². The van der Waals surface area contributed by atoms with Crippen LogP contribution in [0.1, 0.15) is 31.1 Å². The number of nitriles is 1. The van der Waals surface area contributed by atoms with E-state index in [1.165, 1.54) is 6.92 Å². The van der Waals surface area contributed by atoms with Gasteiger partial charge in [-0.3, -0.25) is 0 Å². The van der Waals surface area contributed by atoms with Crippen molar-refractivity contribution in [3.63, 3.8) is 0 Å². The van der Waals surface area contributed by atoms with Crippen molar-refractivity contribution >= 4 is 5.97 Å². The minimum Gasteiger partial charge on any atom is -0.464 e. The lowest BCUT2D eigenvalue weighted by Crippen LogP contribution is -2.35. The van der Waals surface area contributed by atoms with Crippen molar-refractivity contribution in [2.24, 2.45) is 0 Å². The lowest BCUT2D eigenvalue weighted by molar-refractivity contribution is -0.147. The van der Waals surface area contributed by atoms with E-state index >= 15 is 0 Å². The SMILES string of the molecule is CCOC(=O)C(C)(C#N)c1nnc(C)c(C)n1. The molecule has 6 heteroatoms. The standard InChI is InChI=1S/C11H14N4O2/c1-5-17-10(16)11(4,6-12)9-13-7(2)8(3)14-15-9/h5H2,1-4H3. The van der Waals surface area contributed by atoms with Gasteiger partial charge in [-0.2, -0.15) is 10.4 Å². The van der Waals surface area contributed by atoms with Crippen molar-refractivity contribution in [3.05, 3.63) is 17.2 Å². The largest absolute Gasteiger partial charge is 0.464 e. The van der Waals surface area contributed by atoms with Crippen LogP contribution in [-0.4, -0.2) is 27.8 Å². The molecule has 0 aliphatic carbocycles. The Morgan fingerprint density at radius 1 is 1.41 bits per heavy atom. The summed E-state index contributed by atoms with van der Waals surface area (Å²) in [6.07, 6.45) is 0. The summed E-state index contributed by atoms with van der Waals surface area (Å²) < 4.78 is 4.85. The molecule has 1 aromatic heterocycles. The molecular formula is C11H14N4O2. The maximum atomic E-state index is 11.7. The van der Waals surface area contributed by atoms with Crippen LogP contribution in [0.15, 0.2) is 0 Å². The number of hydrogen-bond acceptors (Lipinski definition) is 6. The van der Waals surface area contributed by atoms with E-state index in [4.69, 9.17) is 10.00 Å². The summed E-state index contributed by atoms with van der Waals surface area (Å²) in [7, 11) is 0. The Labute approximate surface area is 99.6 Å². The third-order valence-electron chi connectivity index (χ3n) is 2.45. The van der Waals surface area contributed by atoms with Crippen LogP contribution in [-0.2, 0) is 14.9 Å². The summed E-state index contributed by atoms with van der Waals surface area (Å²) >= 11 is 0. The Morgan fingerprint density at radius 3 is 2.53 bits per heavy atom. The van der Waals surface area contributed by atoms with Gasteiger partial charge in [0.25, 0.3) is 0 Å². The molecule has 0 saturated carbocycles. The lowest BCUT2D eigenvalue weighted by atomic mass is 9.92. The van der Waals surface area contributed by atoms with Crippen LogP contribution in [0.5, 0.6) is 0 Å². The maximum Gasteiger partial charge on any atom is 0.334 e. The van der Waals surface area contributed by atoms with Gasteiger partial charge in [0, 0.05) is 0 Å². The van der Waals surface area contributed by atoms with Crippen LogP contribution in [0.25, 0.3) is 0 Å². The van der Waals surface area contributed by atoms with Gasteiger partial charge < -0.3 is 4.74 Å². The molecule has 1 aromatic rings. The summed E-state index contributed by atoms with van der Waals surface area (Å²) in [5.74, 6) is -0.589.